The molecule has 0 radical (unpaired) electrons. The van der Waals surface area contributed by atoms with Gasteiger partial charge in [0.15, 0.2) is 0 Å². The van der Waals surface area contributed by atoms with Gasteiger partial charge in [0, 0.05) is 41.3 Å². The normalized spacial score (nSPS) is 12.5. The van der Waals surface area contributed by atoms with Crippen molar-refractivity contribution in [3.05, 3.63) is 84.6 Å². The SMILES string of the molecule is CNc1ccc(-c2ncc(-c3ccc(NC(=O)OC(C)c4ccccc4)cc3S(=O)(=O)NC(C)(C)C)s2)cc1. The molecule has 4 aromatic rings. The summed E-state index contributed by atoms with van der Waals surface area (Å²) < 4.78 is 35.2. The van der Waals surface area contributed by atoms with Crippen LogP contribution in [0.3, 0.4) is 0 Å². The van der Waals surface area contributed by atoms with Gasteiger partial charge in [-0.3, -0.25) is 5.32 Å². The van der Waals surface area contributed by atoms with Crippen LogP contribution in [0, 0.1) is 0 Å². The number of sulfonamides is 1. The van der Waals surface area contributed by atoms with E-state index in [1.165, 1.54) is 17.4 Å². The van der Waals surface area contributed by atoms with Crippen LogP contribution < -0.4 is 15.4 Å². The lowest BCUT2D eigenvalue weighted by atomic mass is 10.1. The summed E-state index contributed by atoms with van der Waals surface area (Å²) in [4.78, 5) is 17.9. The molecule has 204 valence electrons. The number of hydrogen-bond acceptors (Lipinski definition) is 7. The molecule has 0 aliphatic rings. The Morgan fingerprint density at radius 3 is 2.28 bits per heavy atom. The zero-order valence-corrected chi connectivity index (χ0v) is 24.1. The number of ether oxygens (including phenoxy) is 1. The van der Waals surface area contributed by atoms with Crippen molar-refractivity contribution in [2.24, 2.45) is 0 Å². The molecule has 4 rings (SSSR count). The summed E-state index contributed by atoms with van der Waals surface area (Å²) in [5.41, 5.74) is 2.83. The van der Waals surface area contributed by atoms with Crippen LogP contribution in [0.5, 0.6) is 0 Å². The highest BCUT2D eigenvalue weighted by atomic mass is 32.2. The van der Waals surface area contributed by atoms with Gasteiger partial charge in [0.1, 0.15) is 11.1 Å². The Balaban J connectivity index is 1.65. The lowest BCUT2D eigenvalue weighted by Gasteiger charge is -2.22. The van der Waals surface area contributed by atoms with Crippen LogP contribution in [0.15, 0.2) is 83.9 Å². The lowest BCUT2D eigenvalue weighted by Crippen LogP contribution is -2.40. The third-order valence-electron chi connectivity index (χ3n) is 5.70. The van der Waals surface area contributed by atoms with Crippen LogP contribution in [0.1, 0.15) is 39.4 Å². The molecule has 0 saturated heterocycles. The lowest BCUT2D eigenvalue weighted by molar-refractivity contribution is 0.121. The fraction of sp³-hybridized carbons (Fsp3) is 0.241. The summed E-state index contributed by atoms with van der Waals surface area (Å²) >= 11 is 1.39. The molecule has 8 nitrogen and oxygen atoms in total. The van der Waals surface area contributed by atoms with E-state index in [9.17, 15) is 13.2 Å². The maximum absolute atomic E-state index is 13.5. The first-order valence-electron chi connectivity index (χ1n) is 12.4. The molecule has 10 heteroatoms. The van der Waals surface area contributed by atoms with Gasteiger partial charge in [0.05, 0.1) is 9.77 Å². The van der Waals surface area contributed by atoms with Gasteiger partial charge in [-0.1, -0.05) is 36.4 Å². The van der Waals surface area contributed by atoms with Gasteiger partial charge < -0.3 is 10.1 Å². The van der Waals surface area contributed by atoms with E-state index < -0.39 is 27.8 Å². The molecule has 0 saturated carbocycles. The average molecular weight is 565 g/mol. The van der Waals surface area contributed by atoms with E-state index in [0.717, 1.165) is 21.8 Å². The topological polar surface area (TPSA) is 109 Å². The quantitative estimate of drug-likeness (QED) is 0.215. The van der Waals surface area contributed by atoms with E-state index in [0.29, 0.717) is 16.1 Å². The third-order valence-corrected chi connectivity index (χ3v) is 8.58. The van der Waals surface area contributed by atoms with E-state index in [4.69, 9.17) is 4.74 Å². The maximum atomic E-state index is 13.5. The van der Waals surface area contributed by atoms with E-state index in [1.807, 2.05) is 61.6 Å². The Morgan fingerprint density at radius 2 is 1.64 bits per heavy atom. The van der Waals surface area contributed by atoms with Crippen LogP contribution in [0.25, 0.3) is 21.0 Å². The second-order valence-corrected chi connectivity index (χ2v) is 12.7. The second kappa shape index (κ2) is 11.6. The summed E-state index contributed by atoms with van der Waals surface area (Å²) in [6.07, 6.45) is 0.505. The molecular formula is C29H32N4O4S2. The predicted octanol–water partition coefficient (Wildman–Crippen LogP) is 6.91. The fourth-order valence-corrected chi connectivity index (χ4v) is 6.59. The minimum atomic E-state index is -3.96. The number of amides is 1. The molecule has 39 heavy (non-hydrogen) atoms. The van der Waals surface area contributed by atoms with Gasteiger partial charge in [-0.25, -0.2) is 22.9 Å². The summed E-state index contributed by atoms with van der Waals surface area (Å²) in [6, 6.07) is 22.0. The number of hydrogen-bond donors (Lipinski definition) is 3. The number of carbonyl (C=O) groups is 1. The Kier molecular flexibility index (Phi) is 8.39. The smallest absolute Gasteiger partial charge is 0.412 e. The fourth-order valence-electron chi connectivity index (χ4n) is 3.90. The van der Waals surface area contributed by atoms with Crippen molar-refractivity contribution in [1.82, 2.24) is 9.71 Å². The second-order valence-electron chi connectivity index (χ2n) is 10.0. The molecule has 1 atom stereocenters. The summed E-state index contributed by atoms with van der Waals surface area (Å²) in [5.74, 6) is 0. The predicted molar refractivity (Wildman–Crippen MR) is 158 cm³/mol. The molecule has 0 aliphatic heterocycles. The Morgan fingerprint density at radius 1 is 0.974 bits per heavy atom. The number of benzene rings is 3. The maximum Gasteiger partial charge on any atom is 0.412 e. The zero-order chi connectivity index (χ0) is 28.2. The van der Waals surface area contributed by atoms with Crippen molar-refractivity contribution in [3.8, 4) is 21.0 Å². The van der Waals surface area contributed by atoms with Crippen LogP contribution in [-0.4, -0.2) is 32.1 Å². The monoisotopic (exact) mass is 564 g/mol. The number of nitrogens with one attached hydrogen (secondary N) is 3. The van der Waals surface area contributed by atoms with Crippen molar-refractivity contribution in [3.63, 3.8) is 0 Å². The number of thiazole rings is 1. The van der Waals surface area contributed by atoms with Crippen molar-refractivity contribution >= 4 is 38.8 Å². The van der Waals surface area contributed by atoms with Crippen molar-refractivity contribution in [2.75, 3.05) is 17.7 Å². The Hall–Kier alpha value is -3.73. The first kappa shape index (κ1) is 28.3. The molecule has 0 spiro atoms. The number of carbonyl (C=O) groups excluding carboxylic acids is 1. The van der Waals surface area contributed by atoms with Crippen LogP contribution in [0.4, 0.5) is 16.2 Å². The van der Waals surface area contributed by atoms with Crippen LogP contribution >= 0.6 is 11.3 Å². The first-order chi connectivity index (χ1) is 18.4. The molecule has 3 N–H and O–H groups in total. The van der Waals surface area contributed by atoms with E-state index in [2.05, 4.69) is 20.3 Å². The molecule has 1 heterocycles. The number of nitrogens with zero attached hydrogens (tertiary/aromatic N) is 1. The minimum absolute atomic E-state index is 0.0343. The van der Waals surface area contributed by atoms with Crippen LogP contribution in [-0.2, 0) is 14.8 Å². The van der Waals surface area contributed by atoms with E-state index >= 15 is 0 Å². The molecule has 1 unspecified atom stereocenters. The largest absolute Gasteiger partial charge is 0.441 e. The number of aromatic nitrogens is 1. The first-order valence-corrected chi connectivity index (χ1v) is 14.7. The van der Waals surface area contributed by atoms with Gasteiger partial charge >= 0.3 is 6.09 Å². The number of anilines is 2. The molecule has 1 aromatic heterocycles. The van der Waals surface area contributed by atoms with E-state index in [-0.39, 0.29) is 4.90 Å². The minimum Gasteiger partial charge on any atom is -0.441 e. The average Bonchev–Trinajstić information content (AvgIpc) is 3.38. The highest BCUT2D eigenvalue weighted by Crippen LogP contribution is 2.37. The van der Waals surface area contributed by atoms with Gasteiger partial charge in [-0.2, -0.15) is 0 Å². The molecule has 3 aromatic carbocycles. The molecule has 0 fully saturated rings. The Labute approximate surface area is 233 Å². The van der Waals surface area contributed by atoms with Crippen LogP contribution in [0.2, 0.25) is 0 Å². The summed E-state index contributed by atoms with van der Waals surface area (Å²) in [7, 11) is -2.10. The van der Waals surface area contributed by atoms with Gasteiger partial charge in [0.2, 0.25) is 10.0 Å². The molecular weight excluding hydrogens is 532 g/mol. The van der Waals surface area contributed by atoms with Crippen molar-refractivity contribution < 1.29 is 17.9 Å². The van der Waals surface area contributed by atoms with Gasteiger partial charge in [-0.15, -0.1) is 11.3 Å². The summed E-state index contributed by atoms with van der Waals surface area (Å²) in [6.45, 7) is 7.09. The van der Waals surface area contributed by atoms with Crippen molar-refractivity contribution in [1.29, 1.82) is 0 Å². The van der Waals surface area contributed by atoms with Gasteiger partial charge in [0.25, 0.3) is 0 Å². The highest BCUT2D eigenvalue weighted by Gasteiger charge is 2.27. The van der Waals surface area contributed by atoms with E-state index in [1.54, 1.807) is 46.0 Å². The molecule has 0 bridgehead atoms. The Bertz CT molecular complexity index is 1540. The number of rotatable bonds is 8. The molecule has 0 aliphatic carbocycles. The highest BCUT2D eigenvalue weighted by molar-refractivity contribution is 7.89. The standard InChI is InChI=1S/C29H32N4O4S2/c1-19(20-9-7-6-8-10-20)37-28(34)32-23-15-16-24(26(17-23)39(35,36)33-29(2,3)4)25-18-31-27(38-25)21-11-13-22(30-5)14-12-21/h6-19,30,33H,1-5H3,(H,32,34). The molecule has 1 amide bonds. The summed E-state index contributed by atoms with van der Waals surface area (Å²) in [5, 5.41) is 6.52. The van der Waals surface area contributed by atoms with Gasteiger partial charge in [-0.05, 0) is 69.7 Å². The van der Waals surface area contributed by atoms with Crippen molar-refractivity contribution in [2.45, 2.75) is 44.2 Å². The third kappa shape index (κ3) is 7.23. The zero-order valence-electron chi connectivity index (χ0n) is 22.5.